The number of hydrogen-bond acceptors (Lipinski definition) is 6. The fraction of sp³-hybridized carbons (Fsp3) is 0.222. The van der Waals surface area contributed by atoms with E-state index in [0.29, 0.717) is 16.0 Å². The van der Waals surface area contributed by atoms with Crippen molar-refractivity contribution >= 4 is 50.5 Å². The summed E-state index contributed by atoms with van der Waals surface area (Å²) in [5.74, 6) is 0.219. The molecule has 2 aromatic rings. The zero-order valence-electron chi connectivity index (χ0n) is 15.3. The highest BCUT2D eigenvalue weighted by atomic mass is 79.9. The van der Waals surface area contributed by atoms with Gasteiger partial charge in [0.2, 0.25) is 0 Å². The van der Waals surface area contributed by atoms with E-state index in [-0.39, 0.29) is 28.2 Å². The Morgan fingerprint density at radius 3 is 2.57 bits per heavy atom. The fourth-order valence-corrected chi connectivity index (χ4v) is 2.82. The van der Waals surface area contributed by atoms with Gasteiger partial charge in [-0.1, -0.05) is 15.9 Å². The molecule has 10 heteroatoms. The highest BCUT2D eigenvalue weighted by Gasteiger charge is 2.19. The van der Waals surface area contributed by atoms with E-state index in [1.807, 2.05) is 13.8 Å². The standard InChI is InChI=1S/C18H18BrN3O5S/c1-10(2)27-16-7-4-11(19)8-13(16)17(23)21-18(28)20-14-6-5-12(26-3)9-15(14)22(24)25/h4-10H,1-3H3,(H2,20,21,23,28). The molecule has 8 nitrogen and oxygen atoms in total. The summed E-state index contributed by atoms with van der Waals surface area (Å²) in [4.78, 5) is 23.3. The third kappa shape index (κ3) is 5.64. The Morgan fingerprint density at radius 2 is 1.96 bits per heavy atom. The van der Waals surface area contributed by atoms with E-state index in [2.05, 4.69) is 26.6 Å². The Kier molecular flexibility index (Phi) is 7.30. The molecule has 0 aliphatic carbocycles. The van der Waals surface area contributed by atoms with E-state index in [4.69, 9.17) is 21.7 Å². The summed E-state index contributed by atoms with van der Waals surface area (Å²) < 4.78 is 11.3. The Hall–Kier alpha value is -2.72. The number of rotatable bonds is 6. The maximum atomic E-state index is 12.6. The summed E-state index contributed by atoms with van der Waals surface area (Å²) >= 11 is 8.45. The normalized spacial score (nSPS) is 10.3. The molecule has 0 aliphatic rings. The van der Waals surface area contributed by atoms with Crippen LogP contribution in [0.25, 0.3) is 0 Å². The average molecular weight is 468 g/mol. The van der Waals surface area contributed by atoms with Gasteiger partial charge in [-0.2, -0.15) is 0 Å². The molecule has 0 atom stereocenters. The molecule has 2 rings (SSSR count). The molecule has 28 heavy (non-hydrogen) atoms. The zero-order chi connectivity index (χ0) is 20.8. The monoisotopic (exact) mass is 467 g/mol. The number of carbonyl (C=O) groups excluding carboxylic acids is 1. The lowest BCUT2D eigenvalue weighted by Crippen LogP contribution is -2.34. The van der Waals surface area contributed by atoms with Crippen LogP contribution in [0, 0.1) is 10.1 Å². The maximum absolute atomic E-state index is 12.6. The molecule has 1 amide bonds. The van der Waals surface area contributed by atoms with E-state index in [1.165, 1.54) is 19.2 Å². The van der Waals surface area contributed by atoms with Crippen LogP contribution in [0.15, 0.2) is 40.9 Å². The highest BCUT2D eigenvalue weighted by molar-refractivity contribution is 9.10. The average Bonchev–Trinajstić information content (AvgIpc) is 2.62. The Balaban J connectivity index is 2.19. The molecule has 0 aromatic heterocycles. The van der Waals surface area contributed by atoms with Crippen molar-refractivity contribution in [2.24, 2.45) is 0 Å². The van der Waals surface area contributed by atoms with Gasteiger partial charge in [0, 0.05) is 4.47 Å². The molecule has 0 fully saturated rings. The number of benzene rings is 2. The number of methoxy groups -OCH3 is 1. The van der Waals surface area contributed by atoms with Gasteiger partial charge in [0.1, 0.15) is 17.2 Å². The van der Waals surface area contributed by atoms with Gasteiger partial charge in [-0.15, -0.1) is 0 Å². The number of ether oxygens (including phenoxy) is 2. The maximum Gasteiger partial charge on any atom is 0.296 e. The molecular formula is C18H18BrN3O5S. The molecule has 0 spiro atoms. The molecule has 148 valence electrons. The number of anilines is 1. The van der Waals surface area contributed by atoms with Crippen LogP contribution in [0.5, 0.6) is 11.5 Å². The molecule has 0 aliphatic heterocycles. The molecule has 2 N–H and O–H groups in total. The summed E-state index contributed by atoms with van der Waals surface area (Å²) in [6, 6.07) is 9.28. The second-order valence-electron chi connectivity index (χ2n) is 5.86. The van der Waals surface area contributed by atoms with Crippen LogP contribution in [-0.2, 0) is 0 Å². The fourth-order valence-electron chi connectivity index (χ4n) is 2.26. The highest BCUT2D eigenvalue weighted by Crippen LogP contribution is 2.29. The van der Waals surface area contributed by atoms with Crippen LogP contribution < -0.4 is 20.1 Å². The molecule has 0 bridgehead atoms. The third-order valence-electron chi connectivity index (χ3n) is 3.43. The summed E-state index contributed by atoms with van der Waals surface area (Å²) in [7, 11) is 1.41. The number of carbonyl (C=O) groups is 1. The van der Waals surface area contributed by atoms with Gasteiger partial charge in [0.25, 0.3) is 11.6 Å². The van der Waals surface area contributed by atoms with Gasteiger partial charge < -0.3 is 14.8 Å². The minimum atomic E-state index is -0.571. The number of halogens is 1. The van der Waals surface area contributed by atoms with Crippen molar-refractivity contribution in [3.63, 3.8) is 0 Å². The molecule has 0 heterocycles. The van der Waals surface area contributed by atoms with Crippen molar-refractivity contribution in [2.75, 3.05) is 12.4 Å². The van der Waals surface area contributed by atoms with Crippen LogP contribution in [0.4, 0.5) is 11.4 Å². The van der Waals surface area contributed by atoms with Gasteiger partial charge in [-0.05, 0) is 56.4 Å². The third-order valence-corrected chi connectivity index (χ3v) is 4.12. The van der Waals surface area contributed by atoms with Crippen LogP contribution >= 0.6 is 28.1 Å². The quantitative estimate of drug-likeness (QED) is 0.371. The van der Waals surface area contributed by atoms with Gasteiger partial charge in [-0.25, -0.2) is 0 Å². The SMILES string of the molecule is COc1ccc(NC(=S)NC(=O)c2cc(Br)ccc2OC(C)C)c([N+](=O)[O-])c1. The first-order chi connectivity index (χ1) is 13.2. The summed E-state index contributed by atoms with van der Waals surface area (Å²) in [5, 5.41) is 16.3. The number of nitro benzene ring substituents is 1. The van der Waals surface area contributed by atoms with E-state index >= 15 is 0 Å². The number of amides is 1. The van der Waals surface area contributed by atoms with Crippen LogP contribution in [0.2, 0.25) is 0 Å². The number of nitro groups is 1. The minimum Gasteiger partial charge on any atom is -0.496 e. The van der Waals surface area contributed by atoms with Crippen molar-refractivity contribution in [3.05, 3.63) is 56.5 Å². The van der Waals surface area contributed by atoms with Gasteiger partial charge >= 0.3 is 0 Å². The second-order valence-corrected chi connectivity index (χ2v) is 7.18. The molecule has 0 saturated heterocycles. The molecule has 0 unspecified atom stereocenters. The molecule has 0 radical (unpaired) electrons. The van der Waals surface area contributed by atoms with Crippen molar-refractivity contribution < 1.29 is 19.2 Å². The van der Waals surface area contributed by atoms with Crippen molar-refractivity contribution in [1.29, 1.82) is 0 Å². The Morgan fingerprint density at radius 1 is 1.25 bits per heavy atom. The van der Waals surface area contributed by atoms with Gasteiger partial charge in [0.15, 0.2) is 5.11 Å². The first-order valence-electron chi connectivity index (χ1n) is 8.12. The summed E-state index contributed by atoms with van der Waals surface area (Å²) in [6.07, 6.45) is -0.125. The Labute approximate surface area is 175 Å². The minimum absolute atomic E-state index is 0.0891. The lowest BCUT2D eigenvalue weighted by Gasteiger charge is -2.15. The summed E-state index contributed by atoms with van der Waals surface area (Å²) in [5.41, 5.74) is 0.169. The van der Waals surface area contributed by atoms with Crippen LogP contribution in [0.3, 0.4) is 0 Å². The first kappa shape index (κ1) is 21.6. The van der Waals surface area contributed by atoms with Crippen LogP contribution in [0.1, 0.15) is 24.2 Å². The van der Waals surface area contributed by atoms with Crippen molar-refractivity contribution in [2.45, 2.75) is 20.0 Å². The first-order valence-corrected chi connectivity index (χ1v) is 9.32. The molecule has 0 saturated carbocycles. The summed E-state index contributed by atoms with van der Waals surface area (Å²) in [6.45, 7) is 3.69. The predicted molar refractivity (Wildman–Crippen MR) is 113 cm³/mol. The Bertz CT molecular complexity index is 920. The van der Waals surface area contributed by atoms with Crippen molar-refractivity contribution in [3.8, 4) is 11.5 Å². The predicted octanol–water partition coefficient (Wildman–Crippen LogP) is 4.28. The number of nitrogens with one attached hydrogen (secondary N) is 2. The molecular weight excluding hydrogens is 450 g/mol. The van der Waals surface area contributed by atoms with E-state index in [9.17, 15) is 14.9 Å². The van der Waals surface area contributed by atoms with Gasteiger partial charge in [0.05, 0.1) is 29.8 Å². The smallest absolute Gasteiger partial charge is 0.296 e. The number of thiocarbonyl (C=S) groups is 1. The molecule has 2 aromatic carbocycles. The van der Waals surface area contributed by atoms with Gasteiger partial charge in [-0.3, -0.25) is 20.2 Å². The largest absolute Gasteiger partial charge is 0.496 e. The zero-order valence-corrected chi connectivity index (χ0v) is 17.7. The number of hydrogen-bond donors (Lipinski definition) is 2. The lowest BCUT2D eigenvalue weighted by atomic mass is 10.2. The van der Waals surface area contributed by atoms with E-state index < -0.39 is 10.8 Å². The number of nitrogens with zero attached hydrogens (tertiary/aromatic N) is 1. The lowest BCUT2D eigenvalue weighted by molar-refractivity contribution is -0.384. The topological polar surface area (TPSA) is 103 Å². The van der Waals surface area contributed by atoms with E-state index in [1.54, 1.807) is 24.3 Å². The van der Waals surface area contributed by atoms with Crippen molar-refractivity contribution in [1.82, 2.24) is 5.32 Å². The second kappa shape index (κ2) is 9.47. The van der Waals surface area contributed by atoms with E-state index in [0.717, 1.165) is 0 Å². The van der Waals surface area contributed by atoms with Crippen LogP contribution in [-0.4, -0.2) is 29.2 Å².